The molecular formula is C16H21NO2S. The van der Waals surface area contributed by atoms with Crippen LogP contribution in [0.15, 0.2) is 24.3 Å². The number of aromatic nitrogens is 1. The zero-order valence-electron chi connectivity index (χ0n) is 11.8. The van der Waals surface area contributed by atoms with Crippen molar-refractivity contribution in [3.8, 4) is 0 Å². The molecule has 0 radical (unpaired) electrons. The molecule has 2 aromatic rings. The molecule has 1 aliphatic carbocycles. The maximum absolute atomic E-state index is 10.6. The summed E-state index contributed by atoms with van der Waals surface area (Å²) in [5, 5.41) is 11.6. The number of nitrogens with zero attached hydrogens (tertiary/aromatic N) is 1. The highest BCUT2D eigenvalue weighted by Crippen LogP contribution is 2.36. The number of ether oxygens (including phenoxy) is 1. The molecule has 3 nitrogen and oxygen atoms in total. The van der Waals surface area contributed by atoms with Crippen molar-refractivity contribution in [2.45, 2.75) is 50.2 Å². The number of aliphatic hydroxyl groups excluding tert-OH is 1. The Morgan fingerprint density at radius 3 is 2.75 bits per heavy atom. The first-order chi connectivity index (χ1) is 9.73. The molecule has 1 atom stereocenters. The van der Waals surface area contributed by atoms with Crippen LogP contribution >= 0.6 is 11.3 Å². The van der Waals surface area contributed by atoms with Crippen LogP contribution in [-0.2, 0) is 11.2 Å². The Bertz CT molecular complexity index is 542. The number of thiazole rings is 1. The van der Waals surface area contributed by atoms with Crippen LogP contribution in [0.1, 0.15) is 37.1 Å². The number of methoxy groups -OCH3 is 1. The molecule has 1 aliphatic rings. The summed E-state index contributed by atoms with van der Waals surface area (Å²) in [5.74, 6) is 0. The lowest BCUT2D eigenvalue weighted by molar-refractivity contribution is -0.122. The third kappa shape index (κ3) is 2.60. The maximum atomic E-state index is 10.6. The number of rotatable bonds is 4. The fourth-order valence-corrected chi connectivity index (χ4v) is 4.19. The number of aliphatic hydroxyl groups is 1. The second-order valence-corrected chi connectivity index (χ2v) is 6.74. The Labute approximate surface area is 123 Å². The fourth-order valence-electron chi connectivity index (χ4n) is 3.18. The van der Waals surface area contributed by atoms with E-state index in [1.165, 1.54) is 11.1 Å². The van der Waals surface area contributed by atoms with Gasteiger partial charge in [-0.15, -0.1) is 11.3 Å². The monoisotopic (exact) mass is 291 g/mol. The number of hydrogen-bond acceptors (Lipinski definition) is 4. The highest BCUT2D eigenvalue weighted by Gasteiger charge is 2.39. The van der Waals surface area contributed by atoms with Crippen LogP contribution in [-0.4, -0.2) is 28.9 Å². The van der Waals surface area contributed by atoms with Crippen LogP contribution in [0.5, 0.6) is 0 Å². The second-order valence-electron chi connectivity index (χ2n) is 5.62. The van der Waals surface area contributed by atoms with Gasteiger partial charge in [0.2, 0.25) is 0 Å². The minimum atomic E-state index is -0.464. The third-order valence-corrected chi connectivity index (χ3v) is 5.48. The average Bonchev–Trinajstić information content (AvgIpc) is 2.90. The van der Waals surface area contributed by atoms with Gasteiger partial charge < -0.3 is 9.84 Å². The topological polar surface area (TPSA) is 42.4 Å². The molecule has 108 valence electrons. The van der Waals surface area contributed by atoms with Crippen molar-refractivity contribution in [2.24, 2.45) is 0 Å². The number of hydrogen-bond donors (Lipinski definition) is 1. The van der Waals surface area contributed by atoms with Gasteiger partial charge in [0, 0.05) is 13.5 Å². The average molecular weight is 291 g/mol. The summed E-state index contributed by atoms with van der Waals surface area (Å²) in [4.78, 5) is 4.62. The standard InChI is InChI=1S/C16H21NO2S/c1-19-16(9-5-2-6-10-16)14(18)11-15-17-12-7-3-4-8-13(12)20-15/h3-4,7-8,14,18H,2,5-6,9-11H2,1H3. The maximum Gasteiger partial charge on any atom is 0.0965 e. The van der Waals surface area contributed by atoms with Crippen LogP contribution in [0.25, 0.3) is 10.2 Å². The lowest BCUT2D eigenvalue weighted by atomic mass is 9.79. The van der Waals surface area contributed by atoms with Crippen molar-refractivity contribution in [2.75, 3.05) is 7.11 Å². The van der Waals surface area contributed by atoms with Gasteiger partial charge in [-0.25, -0.2) is 4.98 Å². The zero-order chi connectivity index (χ0) is 14.0. The van der Waals surface area contributed by atoms with Crippen LogP contribution in [0.3, 0.4) is 0 Å². The highest BCUT2D eigenvalue weighted by atomic mass is 32.1. The van der Waals surface area contributed by atoms with E-state index in [4.69, 9.17) is 4.74 Å². The molecular weight excluding hydrogens is 270 g/mol. The van der Waals surface area contributed by atoms with E-state index in [0.29, 0.717) is 6.42 Å². The fraction of sp³-hybridized carbons (Fsp3) is 0.562. The summed E-state index contributed by atoms with van der Waals surface area (Å²) in [7, 11) is 1.73. The number of para-hydroxylation sites is 1. The molecule has 0 amide bonds. The minimum absolute atomic E-state index is 0.365. The van der Waals surface area contributed by atoms with Crippen LogP contribution in [0.2, 0.25) is 0 Å². The Balaban J connectivity index is 1.78. The van der Waals surface area contributed by atoms with Crippen molar-refractivity contribution in [1.82, 2.24) is 4.98 Å². The minimum Gasteiger partial charge on any atom is -0.390 e. The molecule has 0 bridgehead atoms. The first-order valence-corrected chi connectivity index (χ1v) is 8.13. The molecule has 1 N–H and O–H groups in total. The SMILES string of the molecule is COC1(C(O)Cc2nc3ccccc3s2)CCCCC1. The van der Waals surface area contributed by atoms with E-state index in [-0.39, 0.29) is 5.60 Å². The van der Waals surface area contributed by atoms with E-state index in [1.807, 2.05) is 18.2 Å². The second kappa shape index (κ2) is 5.80. The summed E-state index contributed by atoms with van der Waals surface area (Å²) >= 11 is 1.67. The lowest BCUT2D eigenvalue weighted by Crippen LogP contribution is -2.46. The molecule has 4 heteroatoms. The third-order valence-electron chi connectivity index (χ3n) is 4.42. The molecule has 1 heterocycles. The molecule has 0 aliphatic heterocycles. The van der Waals surface area contributed by atoms with E-state index in [2.05, 4.69) is 11.1 Å². The van der Waals surface area contributed by atoms with Crippen molar-refractivity contribution < 1.29 is 9.84 Å². The molecule has 1 fully saturated rings. The van der Waals surface area contributed by atoms with E-state index in [9.17, 15) is 5.11 Å². The Morgan fingerprint density at radius 2 is 2.05 bits per heavy atom. The summed E-state index contributed by atoms with van der Waals surface area (Å²) in [6.45, 7) is 0. The Kier molecular flexibility index (Phi) is 4.06. The van der Waals surface area contributed by atoms with E-state index < -0.39 is 6.10 Å². The van der Waals surface area contributed by atoms with Gasteiger partial charge in [0.15, 0.2) is 0 Å². The number of benzene rings is 1. The summed E-state index contributed by atoms with van der Waals surface area (Å²) < 4.78 is 6.90. The van der Waals surface area contributed by atoms with Crippen LogP contribution in [0.4, 0.5) is 0 Å². The predicted molar refractivity (Wildman–Crippen MR) is 82.2 cm³/mol. The molecule has 1 unspecified atom stereocenters. The van der Waals surface area contributed by atoms with Gasteiger partial charge in [-0.05, 0) is 25.0 Å². The summed E-state index contributed by atoms with van der Waals surface area (Å²) in [6, 6.07) is 8.13. The lowest BCUT2D eigenvalue weighted by Gasteiger charge is -2.39. The van der Waals surface area contributed by atoms with Crippen molar-refractivity contribution in [3.63, 3.8) is 0 Å². The Morgan fingerprint density at radius 1 is 1.30 bits per heavy atom. The van der Waals surface area contributed by atoms with E-state index in [0.717, 1.165) is 36.2 Å². The molecule has 20 heavy (non-hydrogen) atoms. The van der Waals surface area contributed by atoms with E-state index >= 15 is 0 Å². The highest BCUT2D eigenvalue weighted by molar-refractivity contribution is 7.18. The predicted octanol–water partition coefficient (Wildman–Crippen LogP) is 3.55. The van der Waals surface area contributed by atoms with Gasteiger partial charge in [0.25, 0.3) is 0 Å². The van der Waals surface area contributed by atoms with Crippen molar-refractivity contribution >= 4 is 21.6 Å². The van der Waals surface area contributed by atoms with Crippen LogP contribution < -0.4 is 0 Å². The molecule has 1 saturated carbocycles. The summed E-state index contributed by atoms with van der Waals surface area (Å²) in [5.41, 5.74) is 0.658. The van der Waals surface area contributed by atoms with Gasteiger partial charge >= 0.3 is 0 Å². The first-order valence-electron chi connectivity index (χ1n) is 7.31. The molecule has 0 spiro atoms. The van der Waals surface area contributed by atoms with Gasteiger partial charge in [-0.3, -0.25) is 0 Å². The Hall–Kier alpha value is -0.970. The summed E-state index contributed by atoms with van der Waals surface area (Å²) in [6.07, 6.45) is 5.57. The quantitative estimate of drug-likeness (QED) is 0.936. The smallest absolute Gasteiger partial charge is 0.0965 e. The molecule has 1 aromatic heterocycles. The van der Waals surface area contributed by atoms with Crippen LogP contribution in [0, 0.1) is 0 Å². The molecule has 3 rings (SSSR count). The van der Waals surface area contributed by atoms with Crippen molar-refractivity contribution in [1.29, 1.82) is 0 Å². The normalized spacial score (nSPS) is 20.1. The largest absolute Gasteiger partial charge is 0.390 e. The molecule has 1 aromatic carbocycles. The van der Waals surface area contributed by atoms with Gasteiger partial charge in [-0.1, -0.05) is 31.4 Å². The molecule has 0 saturated heterocycles. The number of fused-ring (bicyclic) bond motifs is 1. The van der Waals surface area contributed by atoms with Gasteiger partial charge in [0.1, 0.15) is 0 Å². The van der Waals surface area contributed by atoms with E-state index in [1.54, 1.807) is 18.4 Å². The van der Waals surface area contributed by atoms with Gasteiger partial charge in [0.05, 0.1) is 26.9 Å². The van der Waals surface area contributed by atoms with Gasteiger partial charge in [-0.2, -0.15) is 0 Å². The van der Waals surface area contributed by atoms with Crippen molar-refractivity contribution in [3.05, 3.63) is 29.3 Å². The first kappa shape index (κ1) is 14.0. The zero-order valence-corrected chi connectivity index (χ0v) is 12.7.